The lowest BCUT2D eigenvalue weighted by molar-refractivity contribution is 0.0737. The van der Waals surface area contributed by atoms with Gasteiger partial charge in [0.05, 0.1) is 21.8 Å². The molecule has 0 aliphatic carbocycles. The molecule has 2 aromatic carbocycles. The summed E-state index contributed by atoms with van der Waals surface area (Å²) in [6, 6.07) is 19.4. The molecular formula is C20H17N3OS. The van der Waals surface area contributed by atoms with Crippen molar-refractivity contribution in [2.45, 2.75) is 13.0 Å². The third kappa shape index (κ3) is 2.87. The minimum Gasteiger partial charge on any atom is -0.331 e. The number of hydrogen-bond donors (Lipinski definition) is 0. The summed E-state index contributed by atoms with van der Waals surface area (Å²) in [6.45, 7) is 2.00. The van der Waals surface area contributed by atoms with Crippen LogP contribution in [0.3, 0.4) is 0 Å². The van der Waals surface area contributed by atoms with E-state index < -0.39 is 0 Å². The summed E-state index contributed by atoms with van der Waals surface area (Å²) in [5.41, 5.74) is 2.25. The van der Waals surface area contributed by atoms with Crippen LogP contribution in [0.25, 0.3) is 21.1 Å². The first-order valence-electron chi connectivity index (χ1n) is 8.12. The number of carbonyl (C=O) groups is 1. The average Bonchev–Trinajstić information content (AvgIpc) is 3.10. The van der Waals surface area contributed by atoms with E-state index in [1.165, 1.54) is 0 Å². The molecule has 2 heterocycles. The molecule has 124 valence electrons. The van der Waals surface area contributed by atoms with Gasteiger partial charge in [0.2, 0.25) is 0 Å². The molecule has 4 rings (SSSR count). The van der Waals surface area contributed by atoms with Gasteiger partial charge in [-0.3, -0.25) is 4.79 Å². The number of carbonyl (C=O) groups excluding carboxylic acids is 1. The quantitative estimate of drug-likeness (QED) is 0.541. The van der Waals surface area contributed by atoms with Crippen LogP contribution in [0.1, 0.15) is 28.5 Å². The summed E-state index contributed by atoms with van der Waals surface area (Å²) in [5.74, 6) is -0.0995. The first kappa shape index (κ1) is 15.7. The van der Waals surface area contributed by atoms with E-state index in [-0.39, 0.29) is 11.9 Å². The SMILES string of the molecule is CC(c1nc2ccccc2s1)N(C)C(=O)c1ccc2ccccc2n1. The fourth-order valence-corrected chi connectivity index (χ4v) is 3.84. The van der Waals surface area contributed by atoms with Crippen molar-refractivity contribution in [3.63, 3.8) is 0 Å². The van der Waals surface area contributed by atoms with E-state index in [4.69, 9.17) is 0 Å². The van der Waals surface area contributed by atoms with Gasteiger partial charge in [0.15, 0.2) is 0 Å². The highest BCUT2D eigenvalue weighted by Crippen LogP contribution is 2.29. The fraction of sp³-hybridized carbons (Fsp3) is 0.150. The van der Waals surface area contributed by atoms with Crippen molar-refractivity contribution >= 4 is 38.4 Å². The van der Waals surface area contributed by atoms with Crippen LogP contribution < -0.4 is 0 Å². The summed E-state index contributed by atoms with van der Waals surface area (Å²) in [4.78, 5) is 23.7. The molecule has 4 nitrogen and oxygen atoms in total. The van der Waals surface area contributed by atoms with E-state index in [0.29, 0.717) is 5.69 Å². The second-order valence-corrected chi connectivity index (χ2v) is 7.06. The molecular weight excluding hydrogens is 330 g/mol. The maximum atomic E-state index is 12.9. The lowest BCUT2D eigenvalue weighted by Crippen LogP contribution is -2.30. The number of aromatic nitrogens is 2. The maximum absolute atomic E-state index is 12.9. The van der Waals surface area contributed by atoms with Crippen LogP contribution in [0.15, 0.2) is 60.7 Å². The Balaban J connectivity index is 1.63. The second kappa shape index (κ2) is 6.26. The van der Waals surface area contributed by atoms with Crippen molar-refractivity contribution in [2.75, 3.05) is 7.05 Å². The summed E-state index contributed by atoms with van der Waals surface area (Å²) in [7, 11) is 1.80. The summed E-state index contributed by atoms with van der Waals surface area (Å²) in [5, 5.41) is 1.96. The van der Waals surface area contributed by atoms with E-state index in [2.05, 4.69) is 16.0 Å². The van der Waals surface area contributed by atoms with Crippen molar-refractivity contribution in [3.8, 4) is 0 Å². The number of rotatable bonds is 3. The molecule has 0 saturated carbocycles. The van der Waals surface area contributed by atoms with Gasteiger partial charge >= 0.3 is 0 Å². The van der Waals surface area contributed by atoms with Gasteiger partial charge in [0, 0.05) is 12.4 Å². The summed E-state index contributed by atoms with van der Waals surface area (Å²) < 4.78 is 1.13. The lowest BCUT2D eigenvalue weighted by atomic mass is 10.2. The molecule has 0 spiro atoms. The van der Waals surface area contributed by atoms with E-state index in [1.54, 1.807) is 29.4 Å². The normalized spacial score (nSPS) is 12.4. The molecule has 0 bridgehead atoms. The highest BCUT2D eigenvalue weighted by molar-refractivity contribution is 7.18. The van der Waals surface area contributed by atoms with E-state index in [1.807, 2.05) is 55.5 Å². The number of hydrogen-bond acceptors (Lipinski definition) is 4. The standard InChI is InChI=1S/C20H17N3OS/c1-13(19-22-16-9-5-6-10-18(16)25-19)23(2)20(24)17-12-11-14-7-3-4-8-15(14)21-17/h3-13H,1-2H3. The van der Waals surface area contributed by atoms with Crippen molar-refractivity contribution < 1.29 is 4.79 Å². The molecule has 0 aliphatic heterocycles. The van der Waals surface area contributed by atoms with Crippen molar-refractivity contribution in [3.05, 3.63) is 71.4 Å². The number of fused-ring (bicyclic) bond motifs is 2. The van der Waals surface area contributed by atoms with Gasteiger partial charge in [-0.25, -0.2) is 9.97 Å². The number of pyridine rings is 1. The molecule has 1 amide bonds. The predicted molar refractivity (Wildman–Crippen MR) is 102 cm³/mol. The highest BCUT2D eigenvalue weighted by Gasteiger charge is 2.22. The molecule has 4 aromatic rings. The molecule has 1 unspecified atom stereocenters. The van der Waals surface area contributed by atoms with E-state index in [0.717, 1.165) is 26.1 Å². The number of thiazole rings is 1. The smallest absolute Gasteiger partial charge is 0.272 e. The van der Waals surface area contributed by atoms with E-state index in [9.17, 15) is 4.79 Å². The van der Waals surface area contributed by atoms with Crippen LogP contribution in [-0.2, 0) is 0 Å². The highest BCUT2D eigenvalue weighted by atomic mass is 32.1. The van der Waals surface area contributed by atoms with Crippen LogP contribution in [-0.4, -0.2) is 27.8 Å². The first-order chi connectivity index (χ1) is 12.1. The Hall–Kier alpha value is -2.79. The summed E-state index contributed by atoms with van der Waals surface area (Å²) >= 11 is 1.62. The fourth-order valence-electron chi connectivity index (χ4n) is 2.78. The molecule has 25 heavy (non-hydrogen) atoms. The Morgan fingerprint density at radius 1 is 0.960 bits per heavy atom. The largest absolute Gasteiger partial charge is 0.331 e. The topological polar surface area (TPSA) is 46.1 Å². The van der Waals surface area contributed by atoms with Gasteiger partial charge in [-0.05, 0) is 31.2 Å². The van der Waals surface area contributed by atoms with Gasteiger partial charge in [-0.15, -0.1) is 11.3 Å². The minimum absolute atomic E-state index is 0.0995. The zero-order valence-corrected chi connectivity index (χ0v) is 14.8. The Morgan fingerprint density at radius 3 is 2.48 bits per heavy atom. The van der Waals surface area contributed by atoms with Crippen LogP contribution in [0.2, 0.25) is 0 Å². The third-order valence-corrected chi connectivity index (χ3v) is 5.59. The molecule has 0 radical (unpaired) electrons. The maximum Gasteiger partial charge on any atom is 0.272 e. The summed E-state index contributed by atoms with van der Waals surface area (Å²) in [6.07, 6.45) is 0. The lowest BCUT2D eigenvalue weighted by Gasteiger charge is -2.23. The van der Waals surface area contributed by atoms with Gasteiger partial charge in [0.1, 0.15) is 10.7 Å². The molecule has 1 atom stereocenters. The molecule has 0 saturated heterocycles. The second-order valence-electron chi connectivity index (χ2n) is 6.00. The number of amides is 1. The number of benzene rings is 2. The molecule has 0 fully saturated rings. The van der Waals surface area contributed by atoms with Crippen LogP contribution in [0, 0.1) is 0 Å². The van der Waals surface area contributed by atoms with Gasteiger partial charge in [-0.1, -0.05) is 36.4 Å². The number of nitrogens with zero attached hydrogens (tertiary/aromatic N) is 3. The van der Waals surface area contributed by atoms with E-state index >= 15 is 0 Å². The molecule has 0 aliphatic rings. The van der Waals surface area contributed by atoms with Crippen molar-refractivity contribution in [1.29, 1.82) is 0 Å². The van der Waals surface area contributed by atoms with Gasteiger partial charge in [-0.2, -0.15) is 0 Å². The van der Waals surface area contributed by atoms with Crippen LogP contribution >= 0.6 is 11.3 Å². The van der Waals surface area contributed by atoms with Crippen molar-refractivity contribution in [2.24, 2.45) is 0 Å². The van der Waals surface area contributed by atoms with Crippen molar-refractivity contribution in [1.82, 2.24) is 14.9 Å². The van der Waals surface area contributed by atoms with Crippen LogP contribution in [0.5, 0.6) is 0 Å². The monoisotopic (exact) mass is 347 g/mol. The predicted octanol–water partition coefficient (Wildman–Crippen LogP) is 4.68. The zero-order chi connectivity index (χ0) is 17.4. The van der Waals surface area contributed by atoms with Crippen LogP contribution in [0.4, 0.5) is 0 Å². The van der Waals surface area contributed by atoms with Gasteiger partial charge < -0.3 is 4.90 Å². The Morgan fingerprint density at radius 2 is 1.68 bits per heavy atom. The Labute approximate surface area is 149 Å². The first-order valence-corrected chi connectivity index (χ1v) is 8.93. The minimum atomic E-state index is -0.113. The third-order valence-electron chi connectivity index (χ3n) is 4.39. The number of para-hydroxylation sites is 2. The molecule has 2 aromatic heterocycles. The van der Waals surface area contributed by atoms with Gasteiger partial charge in [0.25, 0.3) is 5.91 Å². The molecule has 0 N–H and O–H groups in total. The molecule has 5 heteroatoms. The zero-order valence-electron chi connectivity index (χ0n) is 14.0. The Bertz CT molecular complexity index is 1040. The Kier molecular flexibility index (Phi) is 3.93. The average molecular weight is 347 g/mol.